The lowest BCUT2D eigenvalue weighted by atomic mass is 9.96. The van der Waals surface area contributed by atoms with Crippen molar-refractivity contribution in [3.05, 3.63) is 35.9 Å². The van der Waals surface area contributed by atoms with Gasteiger partial charge in [-0.15, -0.1) is 24.8 Å². The lowest BCUT2D eigenvalue weighted by molar-refractivity contribution is -0.122. The molecule has 0 aromatic heterocycles. The summed E-state index contributed by atoms with van der Waals surface area (Å²) in [5, 5.41) is 6.80. The Balaban J connectivity index is 0.00000131. The highest BCUT2D eigenvalue weighted by Gasteiger charge is 2.40. The van der Waals surface area contributed by atoms with E-state index in [0.717, 1.165) is 31.7 Å². The number of halogens is 2. The summed E-state index contributed by atoms with van der Waals surface area (Å²) in [6, 6.07) is 12.8. The Hall–Kier alpha value is -0.460. The van der Waals surface area contributed by atoms with Crippen LogP contribution in [0.3, 0.4) is 0 Å². The Morgan fingerprint density at radius 1 is 1.15 bits per heavy atom. The summed E-state index contributed by atoms with van der Waals surface area (Å²) in [7, 11) is 0. The molecule has 4 rings (SSSR count). The molecule has 0 spiro atoms. The molecule has 3 aliphatic rings. The van der Waals surface area contributed by atoms with Crippen LogP contribution < -0.4 is 10.6 Å². The van der Waals surface area contributed by atoms with E-state index in [1.54, 1.807) is 0 Å². The molecular weight excluding hydrogens is 401 g/mol. The zero-order chi connectivity index (χ0) is 17.1. The van der Waals surface area contributed by atoms with Gasteiger partial charge in [-0.1, -0.05) is 30.3 Å². The number of carbonyl (C=O) groups excluding carboxylic acids is 1. The van der Waals surface area contributed by atoms with E-state index in [-0.39, 0.29) is 30.7 Å². The molecule has 2 N–H and O–H groups in total. The molecule has 0 saturated carbocycles. The van der Waals surface area contributed by atoms with Crippen molar-refractivity contribution in [2.24, 2.45) is 0 Å². The van der Waals surface area contributed by atoms with Crippen molar-refractivity contribution in [2.75, 3.05) is 18.1 Å². The van der Waals surface area contributed by atoms with Gasteiger partial charge in [-0.25, -0.2) is 0 Å². The highest BCUT2D eigenvalue weighted by molar-refractivity contribution is 7.99. The molecule has 3 saturated heterocycles. The summed E-state index contributed by atoms with van der Waals surface area (Å²) in [5.74, 6) is 2.47. The van der Waals surface area contributed by atoms with Crippen molar-refractivity contribution in [2.45, 2.75) is 62.8 Å². The smallest absolute Gasteiger partial charge is 0.221 e. The minimum Gasteiger partial charge on any atom is -0.353 e. The van der Waals surface area contributed by atoms with Crippen LogP contribution >= 0.6 is 36.6 Å². The molecule has 3 heterocycles. The third kappa shape index (κ3) is 6.01. The van der Waals surface area contributed by atoms with Gasteiger partial charge < -0.3 is 10.6 Å². The van der Waals surface area contributed by atoms with Gasteiger partial charge in [0.05, 0.1) is 0 Å². The number of piperidine rings is 1. The Morgan fingerprint density at radius 2 is 1.85 bits per heavy atom. The maximum Gasteiger partial charge on any atom is 0.221 e. The number of nitrogens with one attached hydrogen (secondary N) is 2. The molecule has 3 fully saturated rings. The SMILES string of the molecule is Cl.Cl.O=C(CC1CSCCN1)NC1CC2CCC(C1)N2Cc1ccccc1. The summed E-state index contributed by atoms with van der Waals surface area (Å²) in [6.07, 6.45) is 5.42. The maximum absolute atomic E-state index is 12.4. The highest BCUT2D eigenvalue weighted by Crippen LogP contribution is 2.36. The number of hydrogen-bond donors (Lipinski definition) is 2. The lowest BCUT2D eigenvalue weighted by Gasteiger charge is -2.39. The standard InChI is InChI=1S/C20H29N3OS.2ClH/c24-20(12-17-14-25-9-8-21-17)22-16-10-18-6-7-19(11-16)23(18)13-15-4-2-1-3-5-15;;/h1-5,16-19,21H,6-14H2,(H,22,24);2*1H. The van der Waals surface area contributed by atoms with Gasteiger partial charge in [0, 0.05) is 55.2 Å². The number of hydrogen-bond acceptors (Lipinski definition) is 4. The van der Waals surface area contributed by atoms with Crippen LogP contribution in [-0.2, 0) is 11.3 Å². The molecule has 1 aromatic rings. The monoisotopic (exact) mass is 431 g/mol. The third-order valence-corrected chi connectivity index (χ3v) is 7.02. The van der Waals surface area contributed by atoms with E-state index in [1.807, 2.05) is 11.8 Å². The first-order valence-electron chi connectivity index (χ1n) is 9.68. The minimum atomic E-state index is 0. The van der Waals surface area contributed by atoms with Gasteiger partial charge in [0.25, 0.3) is 0 Å². The number of rotatable bonds is 5. The first-order chi connectivity index (χ1) is 12.3. The van der Waals surface area contributed by atoms with Crippen molar-refractivity contribution in [1.29, 1.82) is 0 Å². The molecule has 27 heavy (non-hydrogen) atoms. The molecule has 3 unspecified atom stereocenters. The quantitative estimate of drug-likeness (QED) is 0.750. The molecule has 4 nitrogen and oxygen atoms in total. The summed E-state index contributed by atoms with van der Waals surface area (Å²) in [4.78, 5) is 15.1. The van der Waals surface area contributed by atoms with Crippen molar-refractivity contribution in [3.8, 4) is 0 Å². The average molecular weight is 432 g/mol. The molecule has 3 aliphatic heterocycles. The normalized spacial score (nSPS) is 30.1. The molecule has 152 valence electrons. The summed E-state index contributed by atoms with van der Waals surface area (Å²) in [5.41, 5.74) is 1.41. The van der Waals surface area contributed by atoms with E-state index in [0.29, 0.717) is 30.6 Å². The van der Waals surface area contributed by atoms with E-state index in [9.17, 15) is 4.79 Å². The van der Waals surface area contributed by atoms with Crippen LogP contribution in [0.1, 0.15) is 37.7 Å². The predicted molar refractivity (Wildman–Crippen MR) is 118 cm³/mol. The largest absolute Gasteiger partial charge is 0.353 e. The average Bonchev–Trinajstić information content (AvgIpc) is 2.86. The Bertz CT molecular complexity index is 572. The van der Waals surface area contributed by atoms with Crippen LogP contribution in [0.2, 0.25) is 0 Å². The molecule has 1 amide bonds. The van der Waals surface area contributed by atoms with Crippen LogP contribution in [0.5, 0.6) is 0 Å². The Labute approximate surface area is 179 Å². The van der Waals surface area contributed by atoms with E-state index in [2.05, 4.69) is 45.9 Å². The molecular formula is C20H31Cl2N3OS. The number of fused-ring (bicyclic) bond motifs is 2. The number of benzene rings is 1. The van der Waals surface area contributed by atoms with E-state index >= 15 is 0 Å². The van der Waals surface area contributed by atoms with E-state index in [1.165, 1.54) is 24.2 Å². The van der Waals surface area contributed by atoms with E-state index in [4.69, 9.17) is 0 Å². The zero-order valence-corrected chi connectivity index (χ0v) is 18.1. The first-order valence-corrected chi connectivity index (χ1v) is 10.8. The number of thioether (sulfide) groups is 1. The van der Waals surface area contributed by atoms with Crippen LogP contribution in [-0.4, -0.2) is 53.0 Å². The van der Waals surface area contributed by atoms with Gasteiger partial charge >= 0.3 is 0 Å². The van der Waals surface area contributed by atoms with Crippen LogP contribution in [0.25, 0.3) is 0 Å². The second-order valence-electron chi connectivity index (χ2n) is 7.71. The Kier molecular flexibility index (Phi) is 9.23. The topological polar surface area (TPSA) is 44.4 Å². The fourth-order valence-electron chi connectivity index (χ4n) is 4.71. The van der Waals surface area contributed by atoms with Crippen LogP contribution in [0.4, 0.5) is 0 Å². The number of amides is 1. The molecule has 1 aromatic carbocycles. The fraction of sp³-hybridized carbons (Fsp3) is 0.650. The minimum absolute atomic E-state index is 0. The summed E-state index contributed by atoms with van der Waals surface area (Å²) < 4.78 is 0. The van der Waals surface area contributed by atoms with Crippen molar-refractivity contribution >= 4 is 42.5 Å². The summed E-state index contributed by atoms with van der Waals surface area (Å²) >= 11 is 1.95. The molecule has 2 bridgehead atoms. The molecule has 3 atom stereocenters. The zero-order valence-electron chi connectivity index (χ0n) is 15.6. The van der Waals surface area contributed by atoms with Crippen LogP contribution in [0.15, 0.2) is 30.3 Å². The van der Waals surface area contributed by atoms with Gasteiger partial charge in [-0.05, 0) is 31.2 Å². The summed E-state index contributed by atoms with van der Waals surface area (Å²) in [6.45, 7) is 2.09. The highest BCUT2D eigenvalue weighted by atomic mass is 35.5. The van der Waals surface area contributed by atoms with Crippen molar-refractivity contribution in [3.63, 3.8) is 0 Å². The van der Waals surface area contributed by atoms with Gasteiger partial charge in [0.15, 0.2) is 0 Å². The second kappa shape index (κ2) is 10.9. The number of nitrogens with zero attached hydrogens (tertiary/aromatic N) is 1. The fourth-order valence-corrected chi connectivity index (χ4v) is 5.65. The maximum atomic E-state index is 12.4. The van der Waals surface area contributed by atoms with Gasteiger partial charge in [-0.3, -0.25) is 9.69 Å². The number of carbonyl (C=O) groups is 1. The predicted octanol–water partition coefficient (Wildman–Crippen LogP) is 3.24. The second-order valence-corrected chi connectivity index (χ2v) is 8.86. The van der Waals surface area contributed by atoms with Crippen LogP contribution in [0, 0.1) is 0 Å². The van der Waals surface area contributed by atoms with Crippen molar-refractivity contribution in [1.82, 2.24) is 15.5 Å². The van der Waals surface area contributed by atoms with Crippen molar-refractivity contribution < 1.29 is 4.79 Å². The lowest BCUT2D eigenvalue weighted by Crippen LogP contribution is -2.51. The molecule has 0 aliphatic carbocycles. The van der Waals surface area contributed by atoms with E-state index < -0.39 is 0 Å². The van der Waals surface area contributed by atoms with Gasteiger partial charge in [0.1, 0.15) is 0 Å². The molecule has 0 radical (unpaired) electrons. The Morgan fingerprint density at radius 3 is 2.48 bits per heavy atom. The third-order valence-electron chi connectivity index (χ3n) is 5.89. The van der Waals surface area contributed by atoms with Gasteiger partial charge in [0.2, 0.25) is 5.91 Å². The molecule has 7 heteroatoms. The first kappa shape index (κ1) is 22.8. The van der Waals surface area contributed by atoms with Gasteiger partial charge in [-0.2, -0.15) is 11.8 Å².